The molecule has 5 heteroatoms. The quantitative estimate of drug-likeness (QED) is 0.624. The van der Waals surface area contributed by atoms with Crippen molar-refractivity contribution in [1.82, 2.24) is 4.98 Å². The molecule has 104 valence electrons. The molecule has 0 N–H and O–H groups in total. The van der Waals surface area contributed by atoms with E-state index >= 15 is 0 Å². The van der Waals surface area contributed by atoms with Crippen molar-refractivity contribution in [2.45, 2.75) is 6.92 Å². The van der Waals surface area contributed by atoms with Crippen LogP contribution in [-0.4, -0.2) is 15.2 Å². The van der Waals surface area contributed by atoms with Gasteiger partial charge in [0.1, 0.15) is 0 Å². The Morgan fingerprint density at radius 3 is 2.67 bits per heavy atom. The highest BCUT2D eigenvalue weighted by Crippen LogP contribution is 2.36. The van der Waals surface area contributed by atoms with E-state index in [-0.39, 0.29) is 5.91 Å². The highest BCUT2D eigenvalue weighted by atomic mass is 32.2. The molecule has 2 heterocycles. The van der Waals surface area contributed by atoms with Crippen LogP contribution in [0.25, 0.3) is 6.08 Å². The van der Waals surface area contributed by atoms with Gasteiger partial charge in [0.15, 0.2) is 4.32 Å². The third-order valence-corrected chi connectivity index (χ3v) is 4.42. The topological polar surface area (TPSA) is 33.2 Å². The first-order valence-electron chi connectivity index (χ1n) is 6.41. The van der Waals surface area contributed by atoms with Crippen LogP contribution in [0.1, 0.15) is 11.3 Å². The van der Waals surface area contributed by atoms with Gasteiger partial charge in [0.25, 0.3) is 5.91 Å². The molecule has 1 saturated heterocycles. The highest BCUT2D eigenvalue weighted by Gasteiger charge is 2.33. The predicted octanol–water partition coefficient (Wildman–Crippen LogP) is 3.80. The van der Waals surface area contributed by atoms with Gasteiger partial charge in [-0.05, 0) is 36.8 Å². The van der Waals surface area contributed by atoms with Gasteiger partial charge in [0.05, 0.1) is 16.3 Å². The fourth-order valence-electron chi connectivity index (χ4n) is 2.09. The van der Waals surface area contributed by atoms with Crippen molar-refractivity contribution in [3.63, 3.8) is 0 Å². The van der Waals surface area contributed by atoms with Gasteiger partial charge in [-0.2, -0.15) is 0 Å². The minimum absolute atomic E-state index is 0.0926. The predicted molar refractivity (Wildman–Crippen MR) is 91.1 cm³/mol. The third kappa shape index (κ3) is 2.75. The lowest BCUT2D eigenvalue weighted by molar-refractivity contribution is -0.113. The number of hydrogen-bond donors (Lipinski definition) is 0. The number of benzene rings is 1. The van der Waals surface area contributed by atoms with E-state index < -0.39 is 0 Å². The van der Waals surface area contributed by atoms with Crippen LogP contribution in [0.4, 0.5) is 5.69 Å². The van der Waals surface area contributed by atoms with Crippen LogP contribution < -0.4 is 4.90 Å². The van der Waals surface area contributed by atoms with Crippen LogP contribution in [0.15, 0.2) is 53.6 Å². The number of nitrogens with zero attached hydrogens (tertiary/aromatic N) is 2. The molecule has 0 bridgehead atoms. The highest BCUT2D eigenvalue weighted by molar-refractivity contribution is 8.27. The molecule has 1 fully saturated rings. The molecule has 0 radical (unpaired) electrons. The van der Waals surface area contributed by atoms with Crippen molar-refractivity contribution in [3.05, 3.63) is 64.8 Å². The summed E-state index contributed by atoms with van der Waals surface area (Å²) in [4.78, 5) is 19.0. The van der Waals surface area contributed by atoms with Crippen LogP contribution in [0.5, 0.6) is 0 Å². The molecule has 3 rings (SSSR count). The minimum atomic E-state index is -0.0926. The average molecular weight is 312 g/mol. The molecule has 0 spiro atoms. The van der Waals surface area contributed by atoms with Gasteiger partial charge in [-0.3, -0.25) is 14.7 Å². The first-order chi connectivity index (χ1) is 10.2. The van der Waals surface area contributed by atoms with Gasteiger partial charge >= 0.3 is 0 Å². The van der Waals surface area contributed by atoms with Gasteiger partial charge in [-0.1, -0.05) is 48.2 Å². The number of pyridine rings is 1. The summed E-state index contributed by atoms with van der Waals surface area (Å²) in [6.07, 6.45) is 3.48. The molecule has 1 aliphatic heterocycles. The molecule has 1 aromatic heterocycles. The number of thioether (sulfide) groups is 1. The lowest BCUT2D eigenvalue weighted by Gasteiger charge is -2.16. The van der Waals surface area contributed by atoms with E-state index in [1.807, 2.05) is 49.4 Å². The van der Waals surface area contributed by atoms with Crippen LogP contribution in [0.3, 0.4) is 0 Å². The number of aromatic nitrogens is 1. The maximum atomic E-state index is 12.6. The molecule has 1 amide bonds. The summed E-state index contributed by atoms with van der Waals surface area (Å²) in [7, 11) is 0. The fraction of sp³-hybridized carbons (Fsp3) is 0.0625. The largest absolute Gasteiger partial charge is 0.270 e. The Labute approximate surface area is 132 Å². The number of hydrogen-bond acceptors (Lipinski definition) is 4. The van der Waals surface area contributed by atoms with Gasteiger partial charge in [0, 0.05) is 6.20 Å². The standard InChI is InChI=1S/C16H12N2OS2/c1-11-6-2-3-8-13(11)18-15(19)14(21-16(18)20)10-12-7-4-5-9-17-12/h2-10H,1H3. The summed E-state index contributed by atoms with van der Waals surface area (Å²) in [6, 6.07) is 13.3. The summed E-state index contributed by atoms with van der Waals surface area (Å²) in [6.45, 7) is 1.97. The fourth-order valence-corrected chi connectivity index (χ4v) is 3.35. The second-order valence-electron chi connectivity index (χ2n) is 4.56. The van der Waals surface area contributed by atoms with E-state index in [4.69, 9.17) is 12.2 Å². The summed E-state index contributed by atoms with van der Waals surface area (Å²) < 4.78 is 0.552. The number of para-hydroxylation sites is 1. The summed E-state index contributed by atoms with van der Waals surface area (Å²) in [5, 5.41) is 0. The SMILES string of the molecule is Cc1ccccc1N1C(=O)C(=Cc2ccccn2)SC1=S. The van der Waals surface area contributed by atoms with Crippen molar-refractivity contribution in [1.29, 1.82) is 0 Å². The number of anilines is 1. The van der Waals surface area contributed by atoms with Gasteiger partial charge in [0.2, 0.25) is 0 Å². The van der Waals surface area contributed by atoms with Crippen LogP contribution in [0, 0.1) is 6.92 Å². The first-order valence-corrected chi connectivity index (χ1v) is 7.64. The zero-order valence-electron chi connectivity index (χ0n) is 11.3. The normalized spacial score (nSPS) is 16.8. The molecule has 0 unspecified atom stereocenters. The Morgan fingerprint density at radius 2 is 1.95 bits per heavy atom. The summed E-state index contributed by atoms with van der Waals surface area (Å²) in [5.41, 5.74) is 2.61. The third-order valence-electron chi connectivity index (χ3n) is 3.12. The summed E-state index contributed by atoms with van der Waals surface area (Å²) in [5.74, 6) is -0.0926. The van der Waals surface area contributed by atoms with E-state index in [2.05, 4.69) is 4.98 Å². The number of carbonyl (C=O) groups excluding carboxylic acids is 1. The lowest BCUT2D eigenvalue weighted by Crippen LogP contribution is -2.28. The van der Waals surface area contributed by atoms with Crippen LogP contribution >= 0.6 is 24.0 Å². The van der Waals surface area contributed by atoms with E-state index in [9.17, 15) is 4.79 Å². The van der Waals surface area contributed by atoms with Crippen LogP contribution in [-0.2, 0) is 4.79 Å². The molecule has 0 aliphatic carbocycles. The van der Waals surface area contributed by atoms with Gasteiger partial charge < -0.3 is 0 Å². The second kappa shape index (κ2) is 5.79. The number of carbonyl (C=O) groups is 1. The number of amides is 1. The Bertz CT molecular complexity index is 741. The average Bonchev–Trinajstić information content (AvgIpc) is 2.76. The van der Waals surface area contributed by atoms with E-state index in [1.165, 1.54) is 11.8 Å². The maximum Gasteiger partial charge on any atom is 0.270 e. The minimum Gasteiger partial charge on any atom is -0.268 e. The van der Waals surface area contributed by atoms with Crippen molar-refractivity contribution >= 4 is 46.0 Å². The molecule has 1 aromatic carbocycles. The van der Waals surface area contributed by atoms with Crippen molar-refractivity contribution in [3.8, 4) is 0 Å². The number of aryl methyl sites for hydroxylation is 1. The molecule has 2 aromatic rings. The molecule has 0 atom stereocenters. The molecule has 1 aliphatic rings. The van der Waals surface area contributed by atoms with E-state index in [1.54, 1.807) is 17.2 Å². The summed E-state index contributed by atoms with van der Waals surface area (Å²) >= 11 is 6.67. The Hall–Kier alpha value is -1.98. The zero-order valence-corrected chi connectivity index (χ0v) is 12.9. The molecular formula is C16H12N2OS2. The van der Waals surface area contributed by atoms with Crippen molar-refractivity contribution in [2.24, 2.45) is 0 Å². The molecular weight excluding hydrogens is 300 g/mol. The van der Waals surface area contributed by atoms with Crippen LogP contribution in [0.2, 0.25) is 0 Å². The van der Waals surface area contributed by atoms with Gasteiger partial charge in [-0.25, -0.2) is 0 Å². The molecule has 3 nitrogen and oxygen atoms in total. The van der Waals surface area contributed by atoms with Gasteiger partial charge in [-0.15, -0.1) is 0 Å². The second-order valence-corrected chi connectivity index (χ2v) is 6.23. The van der Waals surface area contributed by atoms with E-state index in [0.29, 0.717) is 9.23 Å². The van der Waals surface area contributed by atoms with Crippen molar-refractivity contribution < 1.29 is 4.79 Å². The van der Waals surface area contributed by atoms with E-state index in [0.717, 1.165) is 16.9 Å². The number of thiocarbonyl (C=S) groups is 1. The molecule has 21 heavy (non-hydrogen) atoms. The van der Waals surface area contributed by atoms with Crippen molar-refractivity contribution in [2.75, 3.05) is 4.90 Å². The Morgan fingerprint density at radius 1 is 1.19 bits per heavy atom. The Kier molecular flexibility index (Phi) is 3.86. The molecule has 0 saturated carbocycles. The maximum absolute atomic E-state index is 12.6. The lowest BCUT2D eigenvalue weighted by atomic mass is 10.2. The smallest absolute Gasteiger partial charge is 0.268 e. The Balaban J connectivity index is 1.97. The zero-order chi connectivity index (χ0) is 14.8. The first kappa shape index (κ1) is 14.0. The number of rotatable bonds is 2. The monoisotopic (exact) mass is 312 g/mol.